The Morgan fingerprint density at radius 2 is 1.52 bits per heavy atom. The molecular formula is C16H15FO3S. The van der Waals surface area contributed by atoms with Gasteiger partial charge in [0.1, 0.15) is 11.6 Å². The molecule has 110 valence electrons. The van der Waals surface area contributed by atoms with Crippen molar-refractivity contribution in [3.63, 3.8) is 0 Å². The molecule has 0 radical (unpaired) electrons. The van der Waals surface area contributed by atoms with Crippen molar-refractivity contribution < 1.29 is 17.6 Å². The zero-order valence-corrected chi connectivity index (χ0v) is 12.1. The highest BCUT2D eigenvalue weighted by molar-refractivity contribution is 7.91. The number of ketones is 1. The Hall–Kier alpha value is -2.01. The van der Waals surface area contributed by atoms with E-state index in [1.807, 2.05) is 0 Å². The maximum atomic E-state index is 12.8. The first-order valence-corrected chi connectivity index (χ1v) is 8.27. The van der Waals surface area contributed by atoms with Gasteiger partial charge in [0.15, 0.2) is 15.6 Å². The van der Waals surface area contributed by atoms with Gasteiger partial charge in [0, 0.05) is 6.42 Å². The van der Waals surface area contributed by atoms with E-state index in [1.165, 1.54) is 24.3 Å². The molecule has 0 amide bonds. The SMILES string of the molecule is O=C(Cc1ccc(F)cc1)CS(=O)(=O)Cc1ccccc1. The summed E-state index contributed by atoms with van der Waals surface area (Å²) in [4.78, 5) is 11.8. The molecule has 0 atom stereocenters. The third-order valence-electron chi connectivity index (χ3n) is 2.92. The van der Waals surface area contributed by atoms with Crippen LogP contribution in [0.5, 0.6) is 0 Å². The lowest BCUT2D eigenvalue weighted by molar-refractivity contribution is -0.116. The maximum Gasteiger partial charge on any atom is 0.161 e. The van der Waals surface area contributed by atoms with Crippen LogP contribution in [0.1, 0.15) is 11.1 Å². The zero-order valence-electron chi connectivity index (χ0n) is 11.3. The largest absolute Gasteiger partial charge is 0.298 e. The van der Waals surface area contributed by atoms with Crippen molar-refractivity contribution in [2.75, 3.05) is 5.75 Å². The minimum absolute atomic E-state index is 0.00566. The van der Waals surface area contributed by atoms with Crippen LogP contribution in [0, 0.1) is 5.82 Å². The van der Waals surface area contributed by atoms with Gasteiger partial charge in [-0.3, -0.25) is 4.79 Å². The molecular weight excluding hydrogens is 291 g/mol. The standard InChI is InChI=1S/C16H15FO3S/c17-15-8-6-13(7-9-15)10-16(18)12-21(19,20)11-14-4-2-1-3-5-14/h1-9H,10-12H2. The zero-order chi connectivity index (χ0) is 15.3. The number of carbonyl (C=O) groups is 1. The molecule has 0 aliphatic heterocycles. The molecule has 0 saturated carbocycles. The second-order valence-corrected chi connectivity index (χ2v) is 6.92. The summed E-state index contributed by atoms with van der Waals surface area (Å²) in [6.07, 6.45) is -0.00566. The molecule has 5 heteroatoms. The van der Waals surface area contributed by atoms with E-state index in [0.29, 0.717) is 11.1 Å². The van der Waals surface area contributed by atoms with Crippen LogP contribution in [0.15, 0.2) is 54.6 Å². The summed E-state index contributed by atoms with van der Waals surface area (Å²) in [7, 11) is -3.49. The summed E-state index contributed by atoms with van der Waals surface area (Å²) in [6, 6.07) is 14.2. The number of benzene rings is 2. The van der Waals surface area contributed by atoms with Crippen LogP contribution in [0.3, 0.4) is 0 Å². The van der Waals surface area contributed by atoms with Gasteiger partial charge in [-0.15, -0.1) is 0 Å². The monoisotopic (exact) mass is 306 g/mol. The van der Waals surface area contributed by atoms with Crippen LogP contribution < -0.4 is 0 Å². The number of hydrogen-bond donors (Lipinski definition) is 0. The summed E-state index contributed by atoms with van der Waals surface area (Å²) in [6.45, 7) is 0. The second kappa shape index (κ2) is 6.63. The van der Waals surface area contributed by atoms with Crippen LogP contribution >= 0.6 is 0 Å². The summed E-state index contributed by atoms with van der Waals surface area (Å²) < 4.78 is 36.7. The Bertz CT molecular complexity index is 707. The predicted octanol–water partition coefficient (Wildman–Crippen LogP) is 2.55. The Kier molecular flexibility index (Phi) is 4.85. The van der Waals surface area contributed by atoms with Crippen molar-refractivity contribution >= 4 is 15.6 Å². The summed E-state index contributed by atoms with van der Waals surface area (Å²) in [5.41, 5.74) is 1.27. The first-order chi connectivity index (χ1) is 9.94. The van der Waals surface area contributed by atoms with Gasteiger partial charge in [0.2, 0.25) is 0 Å². The Morgan fingerprint density at radius 3 is 2.14 bits per heavy atom. The van der Waals surface area contributed by atoms with Gasteiger partial charge in [-0.1, -0.05) is 42.5 Å². The molecule has 0 spiro atoms. The van der Waals surface area contributed by atoms with Gasteiger partial charge in [0.25, 0.3) is 0 Å². The molecule has 0 heterocycles. The fraction of sp³-hybridized carbons (Fsp3) is 0.188. The van der Waals surface area contributed by atoms with Crippen LogP contribution in [-0.4, -0.2) is 20.0 Å². The van der Waals surface area contributed by atoms with Crippen LogP contribution in [0.2, 0.25) is 0 Å². The Labute approximate surface area is 123 Å². The molecule has 0 aliphatic carbocycles. The van der Waals surface area contributed by atoms with Gasteiger partial charge < -0.3 is 0 Å². The van der Waals surface area contributed by atoms with E-state index in [4.69, 9.17) is 0 Å². The van der Waals surface area contributed by atoms with Crippen LogP contribution in [0.4, 0.5) is 4.39 Å². The second-order valence-electron chi connectivity index (χ2n) is 4.86. The number of rotatable bonds is 6. The van der Waals surface area contributed by atoms with Gasteiger partial charge in [0.05, 0.1) is 5.75 Å². The Morgan fingerprint density at radius 1 is 0.905 bits per heavy atom. The number of sulfone groups is 1. The quantitative estimate of drug-likeness (QED) is 0.824. The Balaban J connectivity index is 1.96. The number of hydrogen-bond acceptors (Lipinski definition) is 3. The lowest BCUT2D eigenvalue weighted by atomic mass is 10.1. The average molecular weight is 306 g/mol. The van der Waals surface area contributed by atoms with Crippen molar-refractivity contribution in [3.8, 4) is 0 Å². The summed E-state index contributed by atoms with van der Waals surface area (Å²) >= 11 is 0. The normalized spacial score (nSPS) is 11.3. The highest BCUT2D eigenvalue weighted by Crippen LogP contribution is 2.09. The molecule has 3 nitrogen and oxygen atoms in total. The van der Waals surface area contributed by atoms with Gasteiger partial charge in [-0.25, -0.2) is 12.8 Å². The molecule has 2 rings (SSSR count). The number of Topliss-reactive ketones (excluding diaryl/α,β-unsaturated/α-hetero) is 1. The van der Waals surface area contributed by atoms with Gasteiger partial charge >= 0.3 is 0 Å². The lowest BCUT2D eigenvalue weighted by Gasteiger charge is -2.04. The van der Waals surface area contributed by atoms with E-state index >= 15 is 0 Å². The third kappa shape index (κ3) is 5.11. The smallest absolute Gasteiger partial charge is 0.161 e. The first-order valence-electron chi connectivity index (χ1n) is 6.45. The van der Waals surface area contributed by atoms with Gasteiger partial charge in [-0.05, 0) is 23.3 Å². The van der Waals surface area contributed by atoms with E-state index in [-0.39, 0.29) is 18.0 Å². The van der Waals surface area contributed by atoms with Crippen molar-refractivity contribution in [1.29, 1.82) is 0 Å². The van der Waals surface area contributed by atoms with E-state index in [9.17, 15) is 17.6 Å². The van der Waals surface area contributed by atoms with Crippen LogP contribution in [-0.2, 0) is 26.8 Å². The van der Waals surface area contributed by atoms with Gasteiger partial charge in [-0.2, -0.15) is 0 Å². The topological polar surface area (TPSA) is 51.2 Å². The van der Waals surface area contributed by atoms with Crippen molar-refractivity contribution in [2.24, 2.45) is 0 Å². The average Bonchev–Trinajstić information content (AvgIpc) is 2.41. The van der Waals surface area contributed by atoms with E-state index in [2.05, 4.69) is 0 Å². The molecule has 2 aromatic carbocycles. The third-order valence-corrected chi connectivity index (χ3v) is 4.46. The molecule has 0 aliphatic rings. The summed E-state index contributed by atoms with van der Waals surface area (Å²) in [5, 5.41) is 0. The summed E-state index contributed by atoms with van der Waals surface area (Å²) in [5.74, 6) is -1.43. The van der Waals surface area contributed by atoms with E-state index in [0.717, 1.165) is 0 Å². The van der Waals surface area contributed by atoms with Crippen molar-refractivity contribution in [1.82, 2.24) is 0 Å². The molecule has 2 aromatic rings. The molecule has 21 heavy (non-hydrogen) atoms. The predicted molar refractivity (Wildman–Crippen MR) is 79.0 cm³/mol. The molecule has 0 bridgehead atoms. The minimum atomic E-state index is -3.49. The molecule has 0 unspecified atom stereocenters. The van der Waals surface area contributed by atoms with Crippen molar-refractivity contribution in [3.05, 3.63) is 71.5 Å². The first kappa shape index (κ1) is 15.4. The fourth-order valence-corrected chi connectivity index (χ4v) is 3.40. The van der Waals surface area contributed by atoms with Crippen LogP contribution in [0.25, 0.3) is 0 Å². The number of halogens is 1. The fourth-order valence-electron chi connectivity index (χ4n) is 2.01. The molecule has 0 saturated heterocycles. The van der Waals surface area contributed by atoms with Crippen molar-refractivity contribution in [2.45, 2.75) is 12.2 Å². The van der Waals surface area contributed by atoms with E-state index < -0.39 is 21.4 Å². The highest BCUT2D eigenvalue weighted by Gasteiger charge is 2.17. The number of carbonyl (C=O) groups excluding carboxylic acids is 1. The van der Waals surface area contributed by atoms with E-state index in [1.54, 1.807) is 30.3 Å². The minimum Gasteiger partial charge on any atom is -0.298 e. The molecule has 0 fully saturated rings. The lowest BCUT2D eigenvalue weighted by Crippen LogP contribution is -2.19. The molecule has 0 N–H and O–H groups in total. The molecule has 0 aromatic heterocycles. The highest BCUT2D eigenvalue weighted by atomic mass is 32.2. The maximum absolute atomic E-state index is 12.8.